The molecule has 0 radical (unpaired) electrons. The highest BCUT2D eigenvalue weighted by Gasteiger charge is 2.35. The van der Waals surface area contributed by atoms with Crippen molar-refractivity contribution >= 4 is 23.2 Å². The predicted octanol–water partition coefficient (Wildman–Crippen LogP) is 4.44. The van der Waals surface area contributed by atoms with Crippen LogP contribution >= 0.6 is 23.2 Å². The van der Waals surface area contributed by atoms with Crippen LogP contribution in [0.1, 0.15) is 38.3 Å². The lowest BCUT2D eigenvalue weighted by atomic mass is 10.1. The molecule has 1 nitrogen and oxygen atoms in total. The average molecular weight is 258 g/mol. The van der Waals surface area contributed by atoms with Crippen molar-refractivity contribution in [2.45, 2.75) is 38.8 Å². The van der Waals surface area contributed by atoms with Crippen LogP contribution in [0.3, 0.4) is 0 Å². The molecule has 3 atom stereocenters. The maximum Gasteiger partial charge on any atom is 0.0595 e. The summed E-state index contributed by atoms with van der Waals surface area (Å²) in [6, 6.07) is 6.88. The second-order valence-electron chi connectivity index (χ2n) is 4.57. The zero-order valence-corrected chi connectivity index (χ0v) is 11.1. The van der Waals surface area contributed by atoms with E-state index < -0.39 is 0 Å². The summed E-state index contributed by atoms with van der Waals surface area (Å²) in [5, 5.41) is 4.87. The Kier molecular flexibility index (Phi) is 3.78. The van der Waals surface area contributed by atoms with E-state index in [0.29, 0.717) is 22.1 Å². The zero-order chi connectivity index (χ0) is 11.7. The topological polar surface area (TPSA) is 12.0 Å². The first-order chi connectivity index (χ1) is 7.61. The number of rotatable bonds is 4. The van der Waals surface area contributed by atoms with E-state index in [4.69, 9.17) is 23.2 Å². The van der Waals surface area contributed by atoms with Crippen LogP contribution in [0.2, 0.25) is 10.0 Å². The standard InChI is InChI=1S/C13H17Cl2N/c1-3-9-7-13(9)16-8(2)10-4-5-11(14)12(15)6-10/h4-6,8-9,13,16H,3,7H2,1-2H3. The Labute approximate surface area is 107 Å². The van der Waals surface area contributed by atoms with E-state index in [1.54, 1.807) is 0 Å². The van der Waals surface area contributed by atoms with E-state index in [1.807, 2.05) is 18.2 Å². The van der Waals surface area contributed by atoms with Gasteiger partial charge in [0.15, 0.2) is 0 Å². The summed E-state index contributed by atoms with van der Waals surface area (Å²) in [4.78, 5) is 0. The Morgan fingerprint density at radius 3 is 2.69 bits per heavy atom. The van der Waals surface area contributed by atoms with Crippen LogP contribution < -0.4 is 5.32 Å². The van der Waals surface area contributed by atoms with Gasteiger partial charge in [0.2, 0.25) is 0 Å². The first-order valence-corrected chi connectivity index (χ1v) is 6.58. The molecule has 2 rings (SSSR count). The highest BCUT2D eigenvalue weighted by atomic mass is 35.5. The Bertz CT molecular complexity index is 378. The van der Waals surface area contributed by atoms with Gasteiger partial charge in [0.25, 0.3) is 0 Å². The number of nitrogens with one attached hydrogen (secondary N) is 1. The van der Waals surface area contributed by atoms with E-state index in [-0.39, 0.29) is 0 Å². The molecule has 0 saturated heterocycles. The monoisotopic (exact) mass is 257 g/mol. The van der Waals surface area contributed by atoms with E-state index in [1.165, 1.54) is 18.4 Å². The molecule has 3 unspecified atom stereocenters. The van der Waals surface area contributed by atoms with Gasteiger partial charge in [0, 0.05) is 12.1 Å². The fourth-order valence-corrected chi connectivity index (χ4v) is 2.41. The van der Waals surface area contributed by atoms with Gasteiger partial charge in [-0.15, -0.1) is 0 Å². The molecule has 0 spiro atoms. The van der Waals surface area contributed by atoms with Gasteiger partial charge < -0.3 is 5.32 Å². The average Bonchev–Trinajstić information content (AvgIpc) is 3.00. The molecule has 1 fully saturated rings. The van der Waals surface area contributed by atoms with Crippen molar-refractivity contribution in [3.8, 4) is 0 Å². The van der Waals surface area contributed by atoms with Crippen molar-refractivity contribution in [2.24, 2.45) is 5.92 Å². The van der Waals surface area contributed by atoms with Crippen molar-refractivity contribution in [1.82, 2.24) is 5.32 Å². The first kappa shape index (κ1) is 12.2. The molecule has 1 N–H and O–H groups in total. The molecule has 0 amide bonds. The molecule has 0 aliphatic heterocycles. The number of benzene rings is 1. The number of hydrogen-bond acceptors (Lipinski definition) is 1. The van der Waals surface area contributed by atoms with Crippen molar-refractivity contribution < 1.29 is 0 Å². The quantitative estimate of drug-likeness (QED) is 0.841. The molecule has 1 aliphatic rings. The molecular formula is C13H17Cl2N. The minimum Gasteiger partial charge on any atom is -0.307 e. The molecule has 0 bridgehead atoms. The van der Waals surface area contributed by atoms with E-state index in [9.17, 15) is 0 Å². The minimum atomic E-state index is 0.344. The van der Waals surface area contributed by atoms with Gasteiger partial charge in [-0.3, -0.25) is 0 Å². The van der Waals surface area contributed by atoms with Crippen LogP contribution in [0, 0.1) is 5.92 Å². The Hall–Kier alpha value is -0.240. The van der Waals surface area contributed by atoms with Gasteiger partial charge in [-0.25, -0.2) is 0 Å². The summed E-state index contributed by atoms with van der Waals surface area (Å²) in [5.74, 6) is 0.866. The SMILES string of the molecule is CCC1CC1NC(C)c1ccc(Cl)c(Cl)c1. The Balaban J connectivity index is 1.98. The van der Waals surface area contributed by atoms with Crippen molar-refractivity contribution in [3.05, 3.63) is 33.8 Å². The molecule has 1 aromatic rings. The van der Waals surface area contributed by atoms with Crippen LogP contribution in [0.15, 0.2) is 18.2 Å². The normalized spacial score (nSPS) is 25.5. The molecule has 0 aromatic heterocycles. The Morgan fingerprint density at radius 1 is 1.38 bits per heavy atom. The van der Waals surface area contributed by atoms with Crippen molar-refractivity contribution in [3.63, 3.8) is 0 Å². The molecule has 88 valence electrons. The molecule has 0 heterocycles. The third-order valence-corrected chi connectivity index (χ3v) is 4.09. The fraction of sp³-hybridized carbons (Fsp3) is 0.538. The van der Waals surface area contributed by atoms with Crippen LogP contribution in [-0.2, 0) is 0 Å². The summed E-state index contributed by atoms with van der Waals surface area (Å²) in [7, 11) is 0. The van der Waals surface area contributed by atoms with E-state index in [0.717, 1.165) is 5.92 Å². The van der Waals surface area contributed by atoms with E-state index >= 15 is 0 Å². The fourth-order valence-electron chi connectivity index (χ4n) is 2.10. The smallest absolute Gasteiger partial charge is 0.0595 e. The van der Waals surface area contributed by atoms with Crippen LogP contribution in [-0.4, -0.2) is 6.04 Å². The third-order valence-electron chi connectivity index (χ3n) is 3.35. The highest BCUT2D eigenvalue weighted by Crippen LogP contribution is 2.35. The summed E-state index contributed by atoms with van der Waals surface area (Å²) < 4.78 is 0. The van der Waals surface area contributed by atoms with Crippen LogP contribution in [0.4, 0.5) is 0 Å². The van der Waals surface area contributed by atoms with E-state index in [2.05, 4.69) is 19.2 Å². The molecule has 1 aromatic carbocycles. The maximum absolute atomic E-state index is 6.01. The van der Waals surface area contributed by atoms with Crippen molar-refractivity contribution in [1.29, 1.82) is 0 Å². The van der Waals surface area contributed by atoms with Crippen LogP contribution in [0.25, 0.3) is 0 Å². The molecule has 3 heteroatoms. The Morgan fingerprint density at radius 2 is 2.12 bits per heavy atom. The molecular weight excluding hydrogens is 241 g/mol. The summed E-state index contributed by atoms with van der Waals surface area (Å²) in [5.41, 5.74) is 1.20. The maximum atomic E-state index is 6.01. The zero-order valence-electron chi connectivity index (χ0n) is 9.63. The summed E-state index contributed by atoms with van der Waals surface area (Å²) in [6.45, 7) is 4.42. The van der Waals surface area contributed by atoms with Crippen LogP contribution in [0.5, 0.6) is 0 Å². The summed E-state index contributed by atoms with van der Waals surface area (Å²) >= 11 is 11.9. The third kappa shape index (κ3) is 2.71. The highest BCUT2D eigenvalue weighted by molar-refractivity contribution is 6.42. The van der Waals surface area contributed by atoms with Gasteiger partial charge in [-0.1, -0.05) is 42.6 Å². The molecule has 16 heavy (non-hydrogen) atoms. The predicted molar refractivity (Wildman–Crippen MR) is 70.2 cm³/mol. The van der Waals surface area contributed by atoms with Gasteiger partial charge in [0.1, 0.15) is 0 Å². The lowest BCUT2D eigenvalue weighted by molar-refractivity contribution is 0.539. The van der Waals surface area contributed by atoms with Gasteiger partial charge >= 0.3 is 0 Å². The van der Waals surface area contributed by atoms with Gasteiger partial charge in [0.05, 0.1) is 10.0 Å². The lowest BCUT2D eigenvalue weighted by Gasteiger charge is -2.14. The second kappa shape index (κ2) is 4.95. The minimum absolute atomic E-state index is 0.344. The lowest BCUT2D eigenvalue weighted by Crippen LogP contribution is -2.22. The largest absolute Gasteiger partial charge is 0.307 e. The first-order valence-electron chi connectivity index (χ1n) is 5.82. The van der Waals surface area contributed by atoms with Crippen molar-refractivity contribution in [2.75, 3.05) is 0 Å². The molecule has 1 saturated carbocycles. The molecule has 1 aliphatic carbocycles. The van der Waals surface area contributed by atoms with Gasteiger partial charge in [-0.2, -0.15) is 0 Å². The van der Waals surface area contributed by atoms with Gasteiger partial charge in [-0.05, 0) is 37.0 Å². The number of hydrogen-bond donors (Lipinski definition) is 1. The second-order valence-corrected chi connectivity index (χ2v) is 5.39. The summed E-state index contributed by atoms with van der Waals surface area (Å²) in [6.07, 6.45) is 2.58. The number of halogens is 2.